The van der Waals surface area contributed by atoms with Gasteiger partial charge < -0.3 is 5.32 Å². The van der Waals surface area contributed by atoms with Crippen molar-refractivity contribution in [3.05, 3.63) is 23.9 Å². The Balaban J connectivity index is 1.68. The van der Waals surface area contributed by atoms with Crippen LogP contribution >= 0.6 is 0 Å². The Bertz CT molecular complexity index is 560. The van der Waals surface area contributed by atoms with Gasteiger partial charge in [0.05, 0.1) is 0 Å². The third kappa shape index (κ3) is 2.72. The molecule has 2 unspecified atom stereocenters. The predicted molar refractivity (Wildman–Crippen MR) is 77.3 cm³/mol. The van der Waals surface area contributed by atoms with Crippen LogP contribution in [0, 0.1) is 18.8 Å². The summed E-state index contributed by atoms with van der Waals surface area (Å²) in [6, 6.07) is 4.11. The van der Waals surface area contributed by atoms with E-state index in [2.05, 4.69) is 41.4 Å². The molecule has 2 heterocycles. The molecule has 0 spiro atoms. The number of anilines is 1. The number of nitrogens with zero attached hydrogens (tertiary/aromatic N) is 3. The third-order valence-corrected chi connectivity index (χ3v) is 4.30. The average Bonchev–Trinajstić information content (AvgIpc) is 2.79. The van der Waals surface area contributed by atoms with Crippen molar-refractivity contribution in [2.45, 2.75) is 39.5 Å². The first kappa shape index (κ1) is 12.5. The van der Waals surface area contributed by atoms with E-state index in [4.69, 9.17) is 0 Å². The summed E-state index contributed by atoms with van der Waals surface area (Å²) in [5, 5.41) is 7.87. The van der Waals surface area contributed by atoms with E-state index in [1.54, 1.807) is 0 Å². The molecule has 4 heteroatoms. The quantitative estimate of drug-likeness (QED) is 0.918. The summed E-state index contributed by atoms with van der Waals surface area (Å²) in [7, 11) is 0. The highest BCUT2D eigenvalue weighted by molar-refractivity contribution is 5.45. The van der Waals surface area contributed by atoms with E-state index in [9.17, 15) is 0 Å². The van der Waals surface area contributed by atoms with Gasteiger partial charge in [-0.2, -0.15) is 4.98 Å². The van der Waals surface area contributed by atoms with Crippen LogP contribution in [0.5, 0.6) is 0 Å². The van der Waals surface area contributed by atoms with E-state index >= 15 is 0 Å². The Kier molecular flexibility index (Phi) is 3.40. The maximum atomic E-state index is 4.52. The zero-order chi connectivity index (χ0) is 13.2. The zero-order valence-corrected chi connectivity index (χ0v) is 11.8. The Labute approximate surface area is 114 Å². The minimum Gasteiger partial charge on any atom is -0.353 e. The minimum absolute atomic E-state index is 0.753. The van der Waals surface area contributed by atoms with Gasteiger partial charge in [-0.3, -0.25) is 0 Å². The Hall–Kier alpha value is -1.58. The molecule has 1 fully saturated rings. The lowest BCUT2D eigenvalue weighted by Crippen LogP contribution is -2.24. The Morgan fingerprint density at radius 2 is 2.21 bits per heavy atom. The van der Waals surface area contributed by atoms with Crippen LogP contribution in [0.4, 0.5) is 5.95 Å². The molecule has 4 nitrogen and oxygen atoms in total. The molecule has 1 aliphatic carbocycles. The smallest absolute Gasteiger partial charge is 0.243 e. The van der Waals surface area contributed by atoms with Crippen LogP contribution < -0.4 is 5.32 Å². The lowest BCUT2D eigenvalue weighted by Gasteiger charge is -2.28. The SMILES string of the molecule is Cc1ccn2nc(NCC3CCCCC3C)nc2c1. The summed E-state index contributed by atoms with van der Waals surface area (Å²) in [5.74, 6) is 2.34. The van der Waals surface area contributed by atoms with E-state index in [1.165, 1.54) is 31.2 Å². The molecule has 3 rings (SSSR count). The zero-order valence-electron chi connectivity index (χ0n) is 11.8. The largest absolute Gasteiger partial charge is 0.353 e. The van der Waals surface area contributed by atoms with Gasteiger partial charge in [-0.25, -0.2) is 4.52 Å². The third-order valence-electron chi connectivity index (χ3n) is 4.30. The van der Waals surface area contributed by atoms with Crippen molar-refractivity contribution in [2.24, 2.45) is 11.8 Å². The molecule has 1 saturated carbocycles. The van der Waals surface area contributed by atoms with Crippen LogP contribution in [-0.2, 0) is 0 Å². The highest BCUT2D eigenvalue weighted by Gasteiger charge is 2.21. The molecule has 0 radical (unpaired) electrons. The number of rotatable bonds is 3. The molecule has 0 saturated heterocycles. The number of fused-ring (bicyclic) bond motifs is 1. The van der Waals surface area contributed by atoms with Gasteiger partial charge >= 0.3 is 0 Å². The molecular formula is C15H22N4. The van der Waals surface area contributed by atoms with Gasteiger partial charge in [-0.05, 0) is 42.9 Å². The van der Waals surface area contributed by atoms with E-state index in [0.29, 0.717) is 0 Å². The summed E-state index contributed by atoms with van der Waals surface area (Å²) >= 11 is 0. The molecule has 0 aliphatic heterocycles. The van der Waals surface area contributed by atoms with Gasteiger partial charge in [-0.1, -0.05) is 26.2 Å². The molecule has 102 valence electrons. The van der Waals surface area contributed by atoms with Crippen molar-refractivity contribution in [2.75, 3.05) is 11.9 Å². The lowest BCUT2D eigenvalue weighted by atomic mass is 9.80. The Morgan fingerprint density at radius 3 is 3.05 bits per heavy atom. The van der Waals surface area contributed by atoms with Crippen LogP contribution in [0.15, 0.2) is 18.3 Å². The lowest BCUT2D eigenvalue weighted by molar-refractivity contribution is 0.268. The standard InChI is InChI=1S/C15H22N4/c1-11-7-8-19-14(9-11)17-15(18-19)16-10-13-6-4-3-5-12(13)2/h7-9,12-13H,3-6,10H2,1-2H3,(H,16,18). The summed E-state index contributed by atoms with van der Waals surface area (Å²) in [6.07, 6.45) is 7.43. The minimum atomic E-state index is 0.753. The number of nitrogens with one attached hydrogen (secondary N) is 1. The molecule has 1 aliphatic rings. The van der Waals surface area contributed by atoms with E-state index < -0.39 is 0 Å². The number of aryl methyl sites for hydroxylation is 1. The average molecular weight is 258 g/mol. The molecule has 0 amide bonds. The second kappa shape index (κ2) is 5.19. The summed E-state index contributed by atoms with van der Waals surface area (Å²) < 4.78 is 1.83. The number of hydrogen-bond acceptors (Lipinski definition) is 3. The maximum absolute atomic E-state index is 4.52. The van der Waals surface area contributed by atoms with Crippen LogP contribution in [0.25, 0.3) is 5.65 Å². The number of aromatic nitrogens is 3. The molecule has 1 N–H and O–H groups in total. The van der Waals surface area contributed by atoms with Crippen LogP contribution in [0.2, 0.25) is 0 Å². The van der Waals surface area contributed by atoms with Crippen LogP contribution in [0.1, 0.15) is 38.2 Å². The molecule has 2 atom stereocenters. The normalized spacial score (nSPS) is 23.7. The second-order valence-corrected chi connectivity index (χ2v) is 5.84. The first-order chi connectivity index (χ1) is 9.22. The summed E-state index contributed by atoms with van der Waals surface area (Å²) in [6.45, 7) is 5.44. The monoisotopic (exact) mass is 258 g/mol. The van der Waals surface area contributed by atoms with Crippen molar-refractivity contribution in [3.63, 3.8) is 0 Å². The van der Waals surface area contributed by atoms with Gasteiger partial charge in [0.1, 0.15) is 0 Å². The highest BCUT2D eigenvalue weighted by atomic mass is 15.3. The van der Waals surface area contributed by atoms with Gasteiger partial charge in [0.25, 0.3) is 0 Å². The Morgan fingerprint density at radius 1 is 1.37 bits per heavy atom. The maximum Gasteiger partial charge on any atom is 0.243 e. The molecule has 0 bridgehead atoms. The molecule has 2 aromatic heterocycles. The predicted octanol–water partition coefficient (Wildman–Crippen LogP) is 3.28. The first-order valence-electron chi connectivity index (χ1n) is 7.29. The fraction of sp³-hybridized carbons (Fsp3) is 0.600. The van der Waals surface area contributed by atoms with Gasteiger partial charge in [-0.15, -0.1) is 5.10 Å². The van der Waals surface area contributed by atoms with E-state index in [1.807, 2.05) is 10.7 Å². The molecule has 2 aromatic rings. The van der Waals surface area contributed by atoms with E-state index in [-0.39, 0.29) is 0 Å². The molecule has 19 heavy (non-hydrogen) atoms. The van der Waals surface area contributed by atoms with Crippen molar-refractivity contribution >= 4 is 11.6 Å². The van der Waals surface area contributed by atoms with Crippen molar-refractivity contribution in [1.29, 1.82) is 0 Å². The molecule has 0 aromatic carbocycles. The first-order valence-corrected chi connectivity index (χ1v) is 7.29. The van der Waals surface area contributed by atoms with Crippen LogP contribution in [-0.4, -0.2) is 21.1 Å². The highest BCUT2D eigenvalue weighted by Crippen LogP contribution is 2.29. The summed E-state index contributed by atoms with van der Waals surface area (Å²) in [4.78, 5) is 4.52. The van der Waals surface area contributed by atoms with Crippen molar-refractivity contribution in [3.8, 4) is 0 Å². The topological polar surface area (TPSA) is 42.2 Å². The van der Waals surface area contributed by atoms with Gasteiger partial charge in [0.15, 0.2) is 5.65 Å². The number of hydrogen-bond donors (Lipinski definition) is 1. The molecular weight excluding hydrogens is 236 g/mol. The number of pyridine rings is 1. The fourth-order valence-electron chi connectivity index (χ4n) is 2.98. The fourth-order valence-corrected chi connectivity index (χ4v) is 2.98. The second-order valence-electron chi connectivity index (χ2n) is 5.84. The van der Waals surface area contributed by atoms with E-state index in [0.717, 1.165) is 30.0 Å². The van der Waals surface area contributed by atoms with Gasteiger partial charge in [0.2, 0.25) is 5.95 Å². The van der Waals surface area contributed by atoms with Gasteiger partial charge in [0, 0.05) is 12.7 Å². The van der Waals surface area contributed by atoms with Crippen molar-refractivity contribution < 1.29 is 0 Å². The van der Waals surface area contributed by atoms with Crippen molar-refractivity contribution in [1.82, 2.24) is 14.6 Å². The van der Waals surface area contributed by atoms with Crippen LogP contribution in [0.3, 0.4) is 0 Å². The summed E-state index contributed by atoms with van der Waals surface area (Å²) in [5.41, 5.74) is 2.13.